The molecule has 0 aromatic carbocycles. The molecule has 0 rings (SSSR count). The third-order valence-electron chi connectivity index (χ3n) is 3.17. The molecule has 0 heterocycles. The van der Waals surface area contributed by atoms with Gasteiger partial charge in [0.1, 0.15) is 0 Å². The Morgan fingerprint density at radius 1 is 1.11 bits per heavy atom. The zero-order valence-corrected chi connectivity index (χ0v) is 12.0. The first kappa shape index (κ1) is 17.9. The molecule has 19 heavy (non-hydrogen) atoms. The lowest BCUT2D eigenvalue weighted by molar-refractivity contribution is -0.137. The van der Waals surface area contributed by atoms with Crippen molar-refractivity contribution in [3.8, 4) is 0 Å². The molecule has 5 nitrogen and oxygen atoms in total. The van der Waals surface area contributed by atoms with Gasteiger partial charge in [-0.25, -0.2) is 0 Å². The van der Waals surface area contributed by atoms with E-state index in [9.17, 15) is 9.59 Å². The number of carboxylic acids is 1. The zero-order chi connectivity index (χ0) is 14.5. The number of rotatable bonds is 12. The molecule has 0 saturated heterocycles. The molecule has 0 aliphatic heterocycles. The van der Waals surface area contributed by atoms with Gasteiger partial charge in [0.05, 0.1) is 0 Å². The molecule has 1 amide bonds. The molecule has 0 aliphatic rings. The number of nitrogens with one attached hydrogen (secondary N) is 1. The van der Waals surface area contributed by atoms with Gasteiger partial charge >= 0.3 is 5.97 Å². The minimum Gasteiger partial charge on any atom is -0.481 e. The Labute approximate surface area is 115 Å². The number of aliphatic carboxylic acids is 1. The third-order valence-corrected chi connectivity index (χ3v) is 3.17. The molecule has 0 aromatic heterocycles. The van der Waals surface area contributed by atoms with Gasteiger partial charge in [-0.1, -0.05) is 19.8 Å². The van der Waals surface area contributed by atoms with E-state index in [1.54, 1.807) is 0 Å². The van der Waals surface area contributed by atoms with Crippen LogP contribution in [0.15, 0.2) is 0 Å². The first-order valence-electron chi connectivity index (χ1n) is 7.24. The lowest BCUT2D eigenvalue weighted by Gasteiger charge is -2.10. The minimum absolute atomic E-state index is 0.0955. The number of carbonyl (C=O) groups excluding carboxylic acids is 1. The van der Waals surface area contributed by atoms with Crippen molar-refractivity contribution in [2.24, 2.45) is 11.7 Å². The second kappa shape index (κ2) is 12.0. The Hall–Kier alpha value is -1.10. The van der Waals surface area contributed by atoms with Crippen LogP contribution in [0.25, 0.3) is 0 Å². The topological polar surface area (TPSA) is 92.4 Å². The molecule has 112 valence electrons. The first-order valence-corrected chi connectivity index (χ1v) is 7.24. The van der Waals surface area contributed by atoms with Gasteiger partial charge in [0.2, 0.25) is 5.91 Å². The predicted molar refractivity (Wildman–Crippen MR) is 75.8 cm³/mol. The van der Waals surface area contributed by atoms with Crippen molar-refractivity contribution in [3.63, 3.8) is 0 Å². The fourth-order valence-electron chi connectivity index (χ4n) is 1.84. The molecule has 0 aromatic rings. The highest BCUT2D eigenvalue weighted by atomic mass is 16.4. The number of nitrogens with two attached hydrogens (primary N) is 1. The van der Waals surface area contributed by atoms with Crippen LogP contribution in [0.2, 0.25) is 0 Å². The Morgan fingerprint density at radius 3 is 2.42 bits per heavy atom. The van der Waals surface area contributed by atoms with Crippen LogP contribution in [0.1, 0.15) is 58.3 Å². The maximum atomic E-state index is 11.5. The van der Waals surface area contributed by atoms with Gasteiger partial charge in [-0.2, -0.15) is 0 Å². The van der Waals surface area contributed by atoms with Crippen LogP contribution in [0.3, 0.4) is 0 Å². The van der Waals surface area contributed by atoms with Crippen molar-refractivity contribution in [3.05, 3.63) is 0 Å². The highest BCUT2D eigenvalue weighted by molar-refractivity contribution is 5.75. The van der Waals surface area contributed by atoms with Crippen molar-refractivity contribution >= 4 is 11.9 Å². The Bertz CT molecular complexity index is 257. The van der Waals surface area contributed by atoms with Crippen molar-refractivity contribution in [1.82, 2.24) is 5.32 Å². The fraction of sp³-hybridized carbons (Fsp3) is 0.857. The summed E-state index contributed by atoms with van der Waals surface area (Å²) in [6.07, 6.45) is 6.39. The average Bonchev–Trinajstić information content (AvgIpc) is 2.36. The lowest BCUT2D eigenvalue weighted by Crippen LogP contribution is -2.25. The van der Waals surface area contributed by atoms with E-state index in [1.165, 1.54) is 0 Å². The quantitative estimate of drug-likeness (QED) is 0.473. The number of hydrogen-bond acceptors (Lipinski definition) is 3. The summed E-state index contributed by atoms with van der Waals surface area (Å²) < 4.78 is 0. The van der Waals surface area contributed by atoms with Gasteiger partial charge in [0, 0.05) is 19.4 Å². The second-order valence-electron chi connectivity index (χ2n) is 5.13. The Morgan fingerprint density at radius 2 is 1.79 bits per heavy atom. The summed E-state index contributed by atoms with van der Waals surface area (Å²) in [7, 11) is 0. The number of unbranched alkanes of at least 4 members (excludes halogenated alkanes) is 3. The summed E-state index contributed by atoms with van der Waals surface area (Å²) in [5.41, 5.74) is 5.39. The van der Waals surface area contributed by atoms with Gasteiger partial charge in [0.15, 0.2) is 0 Å². The largest absolute Gasteiger partial charge is 0.481 e. The van der Waals surface area contributed by atoms with Crippen LogP contribution >= 0.6 is 0 Å². The van der Waals surface area contributed by atoms with Crippen LogP contribution < -0.4 is 11.1 Å². The molecule has 0 bridgehead atoms. The molecule has 0 aliphatic carbocycles. The van der Waals surface area contributed by atoms with Gasteiger partial charge in [-0.3, -0.25) is 9.59 Å². The van der Waals surface area contributed by atoms with E-state index in [1.807, 2.05) is 6.92 Å². The van der Waals surface area contributed by atoms with E-state index in [0.717, 1.165) is 38.6 Å². The highest BCUT2D eigenvalue weighted by Crippen LogP contribution is 2.09. The SMILES string of the molecule is CC(CCNC(=O)CCCCCCN)CCC(=O)O. The van der Waals surface area contributed by atoms with Crippen molar-refractivity contribution in [2.75, 3.05) is 13.1 Å². The lowest BCUT2D eigenvalue weighted by atomic mass is 10.0. The number of amides is 1. The van der Waals surface area contributed by atoms with E-state index in [-0.39, 0.29) is 12.3 Å². The summed E-state index contributed by atoms with van der Waals surface area (Å²) >= 11 is 0. The van der Waals surface area contributed by atoms with Gasteiger partial charge in [0.25, 0.3) is 0 Å². The molecule has 1 unspecified atom stereocenters. The van der Waals surface area contributed by atoms with Crippen LogP contribution in [0.5, 0.6) is 0 Å². The normalized spacial score (nSPS) is 12.1. The van der Waals surface area contributed by atoms with Crippen molar-refractivity contribution in [2.45, 2.75) is 58.3 Å². The zero-order valence-electron chi connectivity index (χ0n) is 12.0. The summed E-state index contributed by atoms with van der Waals surface area (Å²) in [6.45, 7) is 3.38. The predicted octanol–water partition coefficient (Wildman–Crippen LogP) is 1.90. The average molecular weight is 272 g/mol. The van der Waals surface area contributed by atoms with E-state index < -0.39 is 5.97 Å². The number of hydrogen-bond donors (Lipinski definition) is 3. The maximum absolute atomic E-state index is 11.5. The molecule has 5 heteroatoms. The standard InChI is InChI=1S/C14H28N2O3/c1-12(7-8-14(18)19)9-11-16-13(17)6-4-2-3-5-10-15/h12H,2-11,15H2,1H3,(H,16,17)(H,18,19). The summed E-state index contributed by atoms with van der Waals surface area (Å²) in [5, 5.41) is 11.4. The van der Waals surface area contributed by atoms with Gasteiger partial charge < -0.3 is 16.2 Å². The maximum Gasteiger partial charge on any atom is 0.303 e. The van der Waals surface area contributed by atoms with E-state index in [4.69, 9.17) is 10.8 Å². The van der Waals surface area contributed by atoms with E-state index >= 15 is 0 Å². The summed E-state index contributed by atoms with van der Waals surface area (Å²) in [5.74, 6) is -0.326. The molecule has 0 saturated carbocycles. The molecular formula is C14H28N2O3. The van der Waals surface area contributed by atoms with Crippen LogP contribution in [-0.2, 0) is 9.59 Å². The molecule has 0 fully saturated rings. The summed E-state index contributed by atoms with van der Waals surface area (Å²) in [6, 6.07) is 0. The van der Waals surface area contributed by atoms with Crippen LogP contribution in [0.4, 0.5) is 0 Å². The summed E-state index contributed by atoms with van der Waals surface area (Å²) in [4.78, 5) is 21.9. The van der Waals surface area contributed by atoms with E-state index in [0.29, 0.717) is 25.3 Å². The number of carboxylic acid groups (broad SMARTS) is 1. The minimum atomic E-state index is -0.756. The Kier molecular flexibility index (Phi) is 11.3. The molecule has 0 radical (unpaired) electrons. The Balaban J connectivity index is 3.39. The van der Waals surface area contributed by atoms with E-state index in [2.05, 4.69) is 5.32 Å². The molecule has 0 spiro atoms. The van der Waals surface area contributed by atoms with Crippen molar-refractivity contribution in [1.29, 1.82) is 0 Å². The molecular weight excluding hydrogens is 244 g/mol. The fourth-order valence-corrected chi connectivity index (χ4v) is 1.84. The first-order chi connectivity index (χ1) is 9.06. The van der Waals surface area contributed by atoms with Crippen molar-refractivity contribution < 1.29 is 14.7 Å². The molecule has 4 N–H and O–H groups in total. The second-order valence-corrected chi connectivity index (χ2v) is 5.13. The third kappa shape index (κ3) is 13.1. The van der Waals surface area contributed by atoms with Gasteiger partial charge in [-0.05, 0) is 38.1 Å². The monoisotopic (exact) mass is 272 g/mol. The highest BCUT2D eigenvalue weighted by Gasteiger charge is 2.06. The smallest absolute Gasteiger partial charge is 0.303 e. The van der Waals surface area contributed by atoms with Crippen LogP contribution in [0, 0.1) is 5.92 Å². The van der Waals surface area contributed by atoms with Gasteiger partial charge in [-0.15, -0.1) is 0 Å². The molecule has 1 atom stereocenters. The number of carbonyl (C=O) groups is 2. The van der Waals surface area contributed by atoms with Crippen LogP contribution in [-0.4, -0.2) is 30.1 Å².